The number of nitrogens with one attached hydrogen (secondary N) is 1. The van der Waals surface area contributed by atoms with E-state index in [2.05, 4.69) is 0 Å². The molecule has 0 aromatic rings. The predicted octanol–water partition coefficient (Wildman–Crippen LogP) is 1.05. The molecule has 58 valence electrons. The summed E-state index contributed by atoms with van der Waals surface area (Å²) in [7, 11) is 0. The van der Waals surface area contributed by atoms with Crippen molar-refractivity contribution in [3.63, 3.8) is 0 Å². The highest BCUT2D eigenvalue weighted by Crippen LogP contribution is 1.79. The number of halogens is 3. The molecule has 1 atom stereocenters. The SMILES string of the molecule is C[C@H](NCl)C(=O)O.Cl.Cl. The minimum absolute atomic E-state index is 0. The molecule has 0 saturated heterocycles. The second kappa shape index (κ2) is 8.30. The van der Waals surface area contributed by atoms with E-state index in [1.807, 2.05) is 4.84 Å². The van der Waals surface area contributed by atoms with Crippen LogP contribution in [0.15, 0.2) is 0 Å². The molecule has 0 spiro atoms. The summed E-state index contributed by atoms with van der Waals surface area (Å²) in [6.45, 7) is 1.45. The molecular formula is C3H8Cl3NO2. The van der Waals surface area contributed by atoms with E-state index in [-0.39, 0.29) is 24.8 Å². The Morgan fingerprint density at radius 3 is 2.00 bits per heavy atom. The van der Waals surface area contributed by atoms with Gasteiger partial charge < -0.3 is 5.11 Å². The van der Waals surface area contributed by atoms with Crippen LogP contribution in [0.1, 0.15) is 6.92 Å². The quantitative estimate of drug-likeness (QED) is 0.649. The molecule has 0 aliphatic rings. The van der Waals surface area contributed by atoms with E-state index in [1.54, 1.807) is 0 Å². The lowest BCUT2D eigenvalue weighted by atomic mass is 10.4. The lowest BCUT2D eigenvalue weighted by Crippen LogP contribution is -2.26. The van der Waals surface area contributed by atoms with E-state index in [9.17, 15) is 4.79 Å². The zero-order valence-corrected chi connectivity index (χ0v) is 7.02. The lowest BCUT2D eigenvalue weighted by molar-refractivity contribution is -0.138. The summed E-state index contributed by atoms with van der Waals surface area (Å²) < 4.78 is 0. The number of carboxylic acid groups (broad SMARTS) is 1. The standard InChI is InChI=1S/C3H6ClNO2.2ClH/c1-2(5-4)3(6)7;;/h2,5H,1H3,(H,6,7);2*1H/t2-;;/m0../s1. The average molecular weight is 196 g/mol. The van der Waals surface area contributed by atoms with Gasteiger partial charge in [0.2, 0.25) is 0 Å². The van der Waals surface area contributed by atoms with Gasteiger partial charge >= 0.3 is 5.97 Å². The van der Waals surface area contributed by atoms with Crippen LogP contribution in [-0.2, 0) is 4.79 Å². The molecule has 3 nitrogen and oxygen atoms in total. The summed E-state index contributed by atoms with van der Waals surface area (Å²) in [6, 6.07) is -0.665. The van der Waals surface area contributed by atoms with Crippen LogP contribution in [0.5, 0.6) is 0 Å². The Labute approximate surface area is 70.7 Å². The second-order valence-electron chi connectivity index (χ2n) is 1.17. The molecule has 0 bridgehead atoms. The van der Waals surface area contributed by atoms with Crippen LogP contribution in [-0.4, -0.2) is 17.1 Å². The largest absolute Gasteiger partial charge is 0.480 e. The number of rotatable bonds is 2. The summed E-state index contributed by atoms with van der Waals surface area (Å²) in [5.41, 5.74) is 0. The molecule has 0 fully saturated rings. The molecule has 0 saturated carbocycles. The fraction of sp³-hybridized carbons (Fsp3) is 0.667. The molecule has 2 N–H and O–H groups in total. The first-order chi connectivity index (χ1) is 3.18. The Morgan fingerprint density at radius 2 is 2.00 bits per heavy atom. The van der Waals surface area contributed by atoms with Crippen molar-refractivity contribution in [1.82, 2.24) is 4.84 Å². The van der Waals surface area contributed by atoms with Gasteiger partial charge in [0, 0.05) is 0 Å². The van der Waals surface area contributed by atoms with Crippen LogP contribution in [0.2, 0.25) is 0 Å². The third-order valence-corrected chi connectivity index (χ3v) is 0.861. The maximum atomic E-state index is 9.78. The van der Waals surface area contributed by atoms with Gasteiger partial charge in [0.25, 0.3) is 0 Å². The fourth-order valence-electron chi connectivity index (χ4n) is 0.0467. The van der Waals surface area contributed by atoms with E-state index < -0.39 is 12.0 Å². The molecular weight excluding hydrogens is 188 g/mol. The van der Waals surface area contributed by atoms with Crippen molar-refractivity contribution in [3.8, 4) is 0 Å². The molecule has 0 aliphatic carbocycles. The minimum Gasteiger partial charge on any atom is -0.480 e. The Kier molecular flexibility index (Phi) is 14.9. The third-order valence-electron chi connectivity index (χ3n) is 0.534. The molecule has 9 heavy (non-hydrogen) atoms. The van der Waals surface area contributed by atoms with Gasteiger partial charge in [-0.05, 0) is 18.7 Å². The van der Waals surface area contributed by atoms with E-state index >= 15 is 0 Å². The van der Waals surface area contributed by atoms with Gasteiger partial charge in [0.15, 0.2) is 0 Å². The molecule has 0 aliphatic heterocycles. The van der Waals surface area contributed by atoms with Crippen LogP contribution >= 0.6 is 36.6 Å². The first kappa shape index (κ1) is 16.1. The fourth-order valence-corrected chi connectivity index (χ4v) is 0.140. The van der Waals surface area contributed by atoms with Gasteiger partial charge in [-0.15, -0.1) is 24.8 Å². The Morgan fingerprint density at radius 1 is 1.67 bits per heavy atom. The van der Waals surface area contributed by atoms with Gasteiger partial charge in [-0.3, -0.25) is 4.79 Å². The highest BCUT2D eigenvalue weighted by Gasteiger charge is 2.05. The highest BCUT2D eigenvalue weighted by atomic mass is 35.5. The number of hydrogen-bond donors (Lipinski definition) is 2. The van der Waals surface area contributed by atoms with Gasteiger partial charge in [0.05, 0.1) is 0 Å². The molecule has 6 heteroatoms. The Balaban J connectivity index is -0.000000180. The summed E-state index contributed by atoms with van der Waals surface area (Å²) in [6.07, 6.45) is 0. The van der Waals surface area contributed by atoms with Crippen molar-refractivity contribution in [1.29, 1.82) is 0 Å². The number of carboxylic acids is 1. The van der Waals surface area contributed by atoms with Gasteiger partial charge in [0.1, 0.15) is 6.04 Å². The van der Waals surface area contributed by atoms with Crippen LogP contribution in [0.4, 0.5) is 0 Å². The van der Waals surface area contributed by atoms with Gasteiger partial charge in [-0.25, -0.2) is 4.84 Å². The normalized spacial score (nSPS) is 10.4. The van der Waals surface area contributed by atoms with Crippen LogP contribution in [0, 0.1) is 0 Å². The van der Waals surface area contributed by atoms with Crippen molar-refractivity contribution >= 4 is 42.6 Å². The molecule has 0 rings (SSSR count). The summed E-state index contributed by atoms with van der Waals surface area (Å²) in [4.78, 5) is 11.8. The average Bonchev–Trinajstić information content (AvgIpc) is 1.65. The summed E-state index contributed by atoms with van der Waals surface area (Å²) in [5.74, 6) is -0.949. The molecule has 0 aromatic heterocycles. The topological polar surface area (TPSA) is 49.3 Å². The van der Waals surface area contributed by atoms with Gasteiger partial charge in [-0.1, -0.05) is 0 Å². The van der Waals surface area contributed by atoms with Crippen molar-refractivity contribution < 1.29 is 9.90 Å². The smallest absolute Gasteiger partial charge is 0.321 e. The van der Waals surface area contributed by atoms with E-state index in [0.717, 1.165) is 0 Å². The summed E-state index contributed by atoms with van der Waals surface area (Å²) >= 11 is 4.92. The Bertz CT molecular complexity index is 79.5. The summed E-state index contributed by atoms with van der Waals surface area (Å²) in [5, 5.41) is 8.04. The van der Waals surface area contributed by atoms with E-state index in [0.29, 0.717) is 0 Å². The van der Waals surface area contributed by atoms with Crippen molar-refractivity contribution in [2.24, 2.45) is 0 Å². The van der Waals surface area contributed by atoms with Crippen LogP contribution in [0.25, 0.3) is 0 Å². The van der Waals surface area contributed by atoms with E-state index in [4.69, 9.17) is 16.9 Å². The molecule has 0 unspecified atom stereocenters. The van der Waals surface area contributed by atoms with E-state index in [1.165, 1.54) is 6.92 Å². The highest BCUT2D eigenvalue weighted by molar-refractivity contribution is 6.14. The monoisotopic (exact) mass is 195 g/mol. The molecule has 0 radical (unpaired) electrons. The third kappa shape index (κ3) is 8.30. The van der Waals surface area contributed by atoms with Crippen LogP contribution in [0.3, 0.4) is 0 Å². The maximum absolute atomic E-state index is 9.78. The van der Waals surface area contributed by atoms with Crippen molar-refractivity contribution in [2.75, 3.05) is 0 Å². The minimum atomic E-state index is -0.949. The number of carbonyl (C=O) groups is 1. The zero-order valence-electron chi connectivity index (χ0n) is 4.63. The number of aliphatic carboxylic acids is 1. The predicted molar refractivity (Wildman–Crippen MR) is 40.6 cm³/mol. The second-order valence-corrected chi connectivity index (χ2v) is 1.39. The van der Waals surface area contributed by atoms with Gasteiger partial charge in [-0.2, -0.15) is 0 Å². The zero-order chi connectivity index (χ0) is 5.86. The lowest BCUT2D eigenvalue weighted by Gasteiger charge is -1.97. The first-order valence-corrected chi connectivity index (χ1v) is 2.15. The molecule has 0 aromatic carbocycles. The molecule has 0 amide bonds. The molecule has 0 heterocycles. The van der Waals surface area contributed by atoms with Crippen molar-refractivity contribution in [2.45, 2.75) is 13.0 Å². The number of hydrogen-bond acceptors (Lipinski definition) is 2. The van der Waals surface area contributed by atoms with Crippen molar-refractivity contribution in [3.05, 3.63) is 0 Å². The first-order valence-electron chi connectivity index (χ1n) is 1.77. The van der Waals surface area contributed by atoms with Crippen LogP contribution < -0.4 is 4.84 Å². The Hall–Kier alpha value is 0.300. The maximum Gasteiger partial charge on any atom is 0.321 e.